The number of ether oxygens (including phenoxy) is 1. The molecule has 4 rings (SSSR count). The normalized spacial score (nSPS) is 11.2. The van der Waals surface area contributed by atoms with Gasteiger partial charge in [0.2, 0.25) is 0 Å². The van der Waals surface area contributed by atoms with Crippen LogP contribution in [-0.2, 0) is 24.5 Å². The first kappa shape index (κ1) is 28.0. The van der Waals surface area contributed by atoms with Gasteiger partial charge >= 0.3 is 5.69 Å². The van der Waals surface area contributed by atoms with Crippen molar-refractivity contribution >= 4 is 28.9 Å². The molecule has 0 aliphatic carbocycles. The number of carbonyl (C=O) groups excluding carboxylic acids is 1. The van der Waals surface area contributed by atoms with Crippen molar-refractivity contribution in [2.45, 2.75) is 53.5 Å². The van der Waals surface area contributed by atoms with Gasteiger partial charge in [-0.3, -0.25) is 9.36 Å². The van der Waals surface area contributed by atoms with Gasteiger partial charge in [-0.2, -0.15) is 4.68 Å². The third-order valence-corrected chi connectivity index (χ3v) is 6.24. The van der Waals surface area contributed by atoms with E-state index in [0.717, 1.165) is 16.3 Å². The van der Waals surface area contributed by atoms with Gasteiger partial charge < -0.3 is 15.4 Å². The molecule has 2 aromatic heterocycles. The number of carbonyl (C=O) groups is 1. The Morgan fingerprint density at radius 3 is 2.56 bits per heavy atom. The number of aryl methyl sites for hydroxylation is 1. The highest BCUT2D eigenvalue weighted by Gasteiger charge is 2.22. The fourth-order valence-corrected chi connectivity index (χ4v) is 4.30. The van der Waals surface area contributed by atoms with Crippen molar-refractivity contribution in [3.8, 4) is 5.69 Å². The van der Waals surface area contributed by atoms with Gasteiger partial charge in [-0.1, -0.05) is 41.9 Å². The lowest BCUT2D eigenvalue weighted by Crippen LogP contribution is -2.25. The number of halogens is 2. The van der Waals surface area contributed by atoms with Crippen LogP contribution in [-0.4, -0.2) is 31.3 Å². The molecule has 0 spiro atoms. The second-order valence-electron chi connectivity index (χ2n) is 9.23. The Morgan fingerprint density at radius 1 is 1.15 bits per heavy atom. The fourth-order valence-electron chi connectivity index (χ4n) is 4.05. The van der Waals surface area contributed by atoms with Crippen molar-refractivity contribution in [2.24, 2.45) is 0 Å². The number of amides is 1. The molecule has 0 atom stereocenters. The van der Waals surface area contributed by atoms with E-state index < -0.39 is 17.4 Å². The largest absolute Gasteiger partial charge is 0.382 e. The molecule has 1 amide bonds. The predicted octanol–water partition coefficient (Wildman–Crippen LogP) is 5.34. The number of hydrogen-bond acceptors (Lipinski definition) is 6. The maximum absolute atomic E-state index is 15.5. The van der Waals surface area contributed by atoms with Crippen molar-refractivity contribution in [3.05, 3.63) is 98.7 Å². The molecule has 0 saturated heterocycles. The average molecular weight is 553 g/mol. The summed E-state index contributed by atoms with van der Waals surface area (Å²) >= 11 is 6.17. The molecule has 0 aliphatic rings. The summed E-state index contributed by atoms with van der Waals surface area (Å²) in [5, 5.41) is 10.4. The molecule has 204 valence electrons. The zero-order valence-electron chi connectivity index (χ0n) is 22.2. The third-order valence-electron chi connectivity index (χ3n) is 5.95. The lowest BCUT2D eigenvalue weighted by atomic mass is 10.1. The molecule has 11 heteroatoms. The highest BCUT2D eigenvalue weighted by atomic mass is 35.5. The number of nitrogens with one attached hydrogen (secondary N) is 2. The first-order chi connectivity index (χ1) is 18.7. The van der Waals surface area contributed by atoms with Crippen molar-refractivity contribution in [1.29, 1.82) is 0 Å². The number of anilines is 2. The minimum absolute atomic E-state index is 0.0404. The van der Waals surface area contributed by atoms with Gasteiger partial charge in [0.05, 0.1) is 17.9 Å². The molecular formula is C28H30ClFN6O3. The van der Waals surface area contributed by atoms with Gasteiger partial charge in [-0.25, -0.2) is 14.2 Å². The number of aromatic nitrogens is 4. The summed E-state index contributed by atoms with van der Waals surface area (Å²) in [7, 11) is 0. The Hall–Kier alpha value is -4.02. The number of benzene rings is 2. The second kappa shape index (κ2) is 12.2. The smallest absolute Gasteiger partial charge is 0.350 e. The standard InChI is InChI=1S/C28H30ClFN6O3/c1-5-35-24(16-39-15-19-9-7-6-8-10-19)34-36(28(35)38)23-14-22(32-17(2)3)20(13-21(23)30)27(37)33-25-18(4)11-12-31-26(25)29/h6-14,17,32H,5,15-16H2,1-4H3,(H,33,37). The molecule has 0 fully saturated rings. The Morgan fingerprint density at radius 2 is 1.90 bits per heavy atom. The average Bonchev–Trinajstić information content (AvgIpc) is 3.22. The molecule has 2 heterocycles. The Labute approximate surface area is 230 Å². The molecule has 9 nitrogen and oxygen atoms in total. The summed E-state index contributed by atoms with van der Waals surface area (Å²) in [5.74, 6) is -1.01. The Bertz CT molecular complexity index is 1510. The van der Waals surface area contributed by atoms with Crippen LogP contribution in [0.25, 0.3) is 5.69 Å². The van der Waals surface area contributed by atoms with E-state index in [4.69, 9.17) is 16.3 Å². The molecule has 0 bridgehead atoms. The molecule has 0 unspecified atom stereocenters. The van der Waals surface area contributed by atoms with Crippen molar-refractivity contribution in [2.75, 3.05) is 10.6 Å². The fraction of sp³-hybridized carbons (Fsp3) is 0.286. The van der Waals surface area contributed by atoms with Crippen LogP contribution in [0.15, 0.2) is 59.5 Å². The minimum Gasteiger partial charge on any atom is -0.382 e. The second-order valence-corrected chi connectivity index (χ2v) is 9.59. The highest BCUT2D eigenvalue weighted by molar-refractivity contribution is 6.33. The molecule has 2 aromatic carbocycles. The van der Waals surface area contributed by atoms with Gasteiger partial charge in [-0.15, -0.1) is 5.10 Å². The van der Waals surface area contributed by atoms with Crippen LogP contribution >= 0.6 is 11.6 Å². The molecule has 39 heavy (non-hydrogen) atoms. The number of rotatable bonds is 10. The van der Waals surface area contributed by atoms with Gasteiger partial charge in [0, 0.05) is 24.5 Å². The van der Waals surface area contributed by atoms with E-state index in [-0.39, 0.29) is 29.1 Å². The van der Waals surface area contributed by atoms with Crippen molar-refractivity contribution < 1.29 is 13.9 Å². The third kappa shape index (κ3) is 6.35. The van der Waals surface area contributed by atoms with E-state index in [1.807, 2.05) is 44.2 Å². The molecule has 0 aliphatic heterocycles. The zero-order valence-corrected chi connectivity index (χ0v) is 22.9. The van der Waals surface area contributed by atoms with Crippen LogP contribution in [0.1, 0.15) is 48.1 Å². The Kier molecular flexibility index (Phi) is 8.78. The summed E-state index contributed by atoms with van der Waals surface area (Å²) in [5.41, 5.74) is 1.79. The van der Waals surface area contributed by atoms with Crippen molar-refractivity contribution in [1.82, 2.24) is 19.3 Å². The van der Waals surface area contributed by atoms with Crippen LogP contribution in [0.4, 0.5) is 15.8 Å². The van der Waals surface area contributed by atoms with E-state index in [1.165, 1.54) is 16.8 Å². The monoisotopic (exact) mass is 552 g/mol. The zero-order chi connectivity index (χ0) is 28.1. The van der Waals surface area contributed by atoms with E-state index in [1.54, 1.807) is 19.9 Å². The Balaban J connectivity index is 1.68. The van der Waals surface area contributed by atoms with E-state index >= 15 is 4.39 Å². The summed E-state index contributed by atoms with van der Waals surface area (Å²) in [6.07, 6.45) is 1.53. The lowest BCUT2D eigenvalue weighted by molar-refractivity contribution is 0.0989. The maximum Gasteiger partial charge on any atom is 0.350 e. The lowest BCUT2D eigenvalue weighted by Gasteiger charge is -2.17. The van der Waals surface area contributed by atoms with Gasteiger partial charge in [0.1, 0.15) is 18.1 Å². The maximum atomic E-state index is 15.5. The van der Waals surface area contributed by atoms with Crippen LogP contribution in [0.2, 0.25) is 5.15 Å². The van der Waals surface area contributed by atoms with Crippen LogP contribution in [0, 0.1) is 12.7 Å². The van der Waals surface area contributed by atoms with Gasteiger partial charge in [0.15, 0.2) is 11.0 Å². The summed E-state index contributed by atoms with van der Waals surface area (Å²) in [6, 6.07) is 13.7. The summed E-state index contributed by atoms with van der Waals surface area (Å²) < 4.78 is 23.7. The summed E-state index contributed by atoms with van der Waals surface area (Å²) in [6.45, 7) is 8.07. The molecule has 0 radical (unpaired) electrons. The molecule has 4 aromatic rings. The van der Waals surface area contributed by atoms with E-state index in [9.17, 15) is 9.59 Å². The number of pyridine rings is 1. The molecular weight excluding hydrogens is 523 g/mol. The first-order valence-electron chi connectivity index (χ1n) is 12.5. The minimum atomic E-state index is -0.789. The van der Waals surface area contributed by atoms with Gasteiger partial charge in [0.25, 0.3) is 5.91 Å². The van der Waals surface area contributed by atoms with Crippen LogP contribution < -0.4 is 16.3 Å². The van der Waals surface area contributed by atoms with Crippen molar-refractivity contribution in [3.63, 3.8) is 0 Å². The number of nitrogens with zero attached hydrogens (tertiary/aromatic N) is 4. The summed E-state index contributed by atoms with van der Waals surface area (Å²) in [4.78, 5) is 30.4. The quantitative estimate of drug-likeness (QED) is 0.257. The highest BCUT2D eigenvalue weighted by Crippen LogP contribution is 2.28. The molecule has 2 N–H and O–H groups in total. The van der Waals surface area contributed by atoms with E-state index in [2.05, 4.69) is 20.7 Å². The van der Waals surface area contributed by atoms with E-state index in [0.29, 0.717) is 35.9 Å². The molecule has 0 saturated carbocycles. The SMILES string of the molecule is CCn1c(COCc2ccccc2)nn(-c2cc(NC(C)C)c(C(=O)Nc3c(C)ccnc3Cl)cc2F)c1=O. The van der Waals surface area contributed by atoms with Crippen LogP contribution in [0.5, 0.6) is 0 Å². The topological polar surface area (TPSA) is 103 Å². The number of hydrogen-bond donors (Lipinski definition) is 2. The van der Waals surface area contributed by atoms with Gasteiger partial charge in [-0.05, 0) is 57.0 Å². The van der Waals surface area contributed by atoms with Crippen LogP contribution in [0.3, 0.4) is 0 Å². The predicted molar refractivity (Wildman–Crippen MR) is 149 cm³/mol. The first-order valence-corrected chi connectivity index (χ1v) is 12.9.